The molecule has 1 aromatic carbocycles. The maximum absolute atomic E-state index is 13.4. The van der Waals surface area contributed by atoms with Crippen LogP contribution in [-0.2, 0) is 19.0 Å². The van der Waals surface area contributed by atoms with E-state index < -0.39 is 29.7 Å². The van der Waals surface area contributed by atoms with Crippen molar-refractivity contribution >= 4 is 12.1 Å². The summed E-state index contributed by atoms with van der Waals surface area (Å²) in [6.45, 7) is 14.4. The lowest BCUT2D eigenvalue weighted by Gasteiger charge is -2.33. The fourth-order valence-electron chi connectivity index (χ4n) is 4.11. The molecule has 1 aliphatic heterocycles. The Bertz CT molecular complexity index is 861. The van der Waals surface area contributed by atoms with Crippen molar-refractivity contribution in [1.82, 2.24) is 4.90 Å². The SMILES string of the molecule is C=C(C)[C@@H]1C[C@@H](C(=O)OCC)N(C(=O)OC(C)(C)C)[C@H]1c1ccc(OC)c(OCCCOC)c1. The third-order valence-corrected chi connectivity index (χ3v) is 5.57. The molecule has 2 rings (SSSR count). The molecule has 8 nitrogen and oxygen atoms in total. The number of carbonyl (C=O) groups excluding carboxylic acids is 2. The van der Waals surface area contributed by atoms with E-state index in [4.69, 9.17) is 23.7 Å². The molecule has 1 aliphatic rings. The first kappa shape index (κ1) is 27.5. The Kier molecular flexibility index (Phi) is 9.79. The molecule has 1 aromatic rings. The molecule has 0 N–H and O–H groups in total. The number of methoxy groups -OCH3 is 2. The van der Waals surface area contributed by atoms with E-state index in [1.807, 2.05) is 19.1 Å². The fourth-order valence-corrected chi connectivity index (χ4v) is 4.11. The zero-order chi connectivity index (χ0) is 25.5. The summed E-state index contributed by atoms with van der Waals surface area (Å²) in [6.07, 6.45) is 0.544. The Morgan fingerprint density at radius 1 is 1.15 bits per heavy atom. The fraction of sp³-hybridized carbons (Fsp3) is 0.615. The number of ether oxygens (including phenoxy) is 5. The van der Waals surface area contributed by atoms with Gasteiger partial charge in [0.1, 0.15) is 11.6 Å². The van der Waals surface area contributed by atoms with Crippen LogP contribution in [0.2, 0.25) is 0 Å². The van der Waals surface area contributed by atoms with Crippen LogP contribution in [0.4, 0.5) is 4.79 Å². The molecule has 1 heterocycles. The van der Waals surface area contributed by atoms with Gasteiger partial charge in [-0.3, -0.25) is 4.90 Å². The number of nitrogens with zero attached hydrogens (tertiary/aromatic N) is 1. The minimum atomic E-state index is -0.783. The second-order valence-corrected chi connectivity index (χ2v) is 9.39. The highest BCUT2D eigenvalue weighted by Gasteiger charge is 2.50. The molecule has 34 heavy (non-hydrogen) atoms. The summed E-state index contributed by atoms with van der Waals surface area (Å²) in [4.78, 5) is 27.8. The molecule has 1 saturated heterocycles. The summed E-state index contributed by atoms with van der Waals surface area (Å²) in [6, 6.07) is 4.29. The molecular formula is C26H39NO7. The first-order chi connectivity index (χ1) is 16.0. The standard InChI is InChI=1S/C26H39NO7/c1-9-32-24(28)20-16-19(17(2)3)23(27(20)25(29)34-26(4,5)6)18-11-12-21(31-8)22(15-18)33-14-10-13-30-7/h11-12,15,19-20,23H,2,9-10,13-14,16H2,1,3-8H3/t19-,20-,23-/m0/s1. The molecule has 190 valence electrons. The molecule has 0 aromatic heterocycles. The molecule has 3 atom stereocenters. The van der Waals surface area contributed by atoms with Gasteiger partial charge >= 0.3 is 12.1 Å². The number of rotatable bonds is 10. The monoisotopic (exact) mass is 477 g/mol. The summed E-state index contributed by atoms with van der Waals surface area (Å²) in [5.74, 6) is 0.514. The minimum Gasteiger partial charge on any atom is -0.493 e. The number of benzene rings is 1. The highest BCUT2D eigenvalue weighted by molar-refractivity contribution is 5.83. The van der Waals surface area contributed by atoms with Gasteiger partial charge in [0.15, 0.2) is 11.5 Å². The van der Waals surface area contributed by atoms with Crippen molar-refractivity contribution in [2.45, 2.75) is 65.1 Å². The molecule has 1 amide bonds. The van der Waals surface area contributed by atoms with Crippen LogP contribution in [0.3, 0.4) is 0 Å². The molecular weight excluding hydrogens is 438 g/mol. The second kappa shape index (κ2) is 12.1. The van der Waals surface area contributed by atoms with Crippen LogP contribution in [0.15, 0.2) is 30.4 Å². The number of amides is 1. The summed E-state index contributed by atoms with van der Waals surface area (Å²) in [5.41, 5.74) is 0.939. The van der Waals surface area contributed by atoms with E-state index >= 15 is 0 Å². The van der Waals surface area contributed by atoms with Crippen LogP contribution in [0.1, 0.15) is 59.1 Å². The van der Waals surface area contributed by atoms with Gasteiger partial charge < -0.3 is 23.7 Å². The summed E-state index contributed by atoms with van der Waals surface area (Å²) in [7, 11) is 3.22. The number of carbonyl (C=O) groups is 2. The van der Waals surface area contributed by atoms with Gasteiger partial charge in [-0.05, 0) is 58.7 Å². The Hall–Kier alpha value is -2.74. The summed E-state index contributed by atoms with van der Waals surface area (Å²) < 4.78 is 27.5. The maximum atomic E-state index is 13.4. The van der Waals surface area contributed by atoms with Gasteiger partial charge in [0.05, 0.1) is 26.4 Å². The number of hydrogen-bond donors (Lipinski definition) is 0. The first-order valence-corrected chi connectivity index (χ1v) is 11.7. The average Bonchev–Trinajstić information content (AvgIpc) is 3.17. The first-order valence-electron chi connectivity index (χ1n) is 11.7. The van der Waals surface area contributed by atoms with E-state index in [1.54, 1.807) is 48.0 Å². The second-order valence-electron chi connectivity index (χ2n) is 9.39. The van der Waals surface area contributed by atoms with E-state index in [0.29, 0.717) is 31.1 Å². The van der Waals surface area contributed by atoms with Gasteiger partial charge in [-0.15, -0.1) is 0 Å². The zero-order valence-electron chi connectivity index (χ0n) is 21.5. The van der Waals surface area contributed by atoms with Crippen LogP contribution in [0, 0.1) is 5.92 Å². The van der Waals surface area contributed by atoms with Crippen molar-refractivity contribution in [3.05, 3.63) is 35.9 Å². The molecule has 0 radical (unpaired) electrons. The molecule has 8 heteroatoms. The third kappa shape index (κ3) is 6.88. The largest absolute Gasteiger partial charge is 0.493 e. The smallest absolute Gasteiger partial charge is 0.411 e. The van der Waals surface area contributed by atoms with Crippen molar-refractivity contribution in [3.8, 4) is 11.5 Å². The van der Waals surface area contributed by atoms with Crippen molar-refractivity contribution in [2.75, 3.05) is 34.0 Å². The normalized spacial score (nSPS) is 20.1. The number of esters is 1. The maximum Gasteiger partial charge on any atom is 0.411 e. The van der Waals surface area contributed by atoms with Gasteiger partial charge in [-0.2, -0.15) is 0 Å². The predicted molar refractivity (Wildman–Crippen MR) is 129 cm³/mol. The quantitative estimate of drug-likeness (QED) is 0.269. The topological polar surface area (TPSA) is 83.5 Å². The van der Waals surface area contributed by atoms with Gasteiger partial charge in [-0.25, -0.2) is 9.59 Å². The Morgan fingerprint density at radius 3 is 2.41 bits per heavy atom. The zero-order valence-corrected chi connectivity index (χ0v) is 21.5. The van der Waals surface area contributed by atoms with Crippen molar-refractivity contribution in [2.24, 2.45) is 5.92 Å². The van der Waals surface area contributed by atoms with Crippen LogP contribution in [0.25, 0.3) is 0 Å². The highest BCUT2D eigenvalue weighted by atomic mass is 16.6. The van der Waals surface area contributed by atoms with Gasteiger partial charge in [0, 0.05) is 26.1 Å². The predicted octanol–water partition coefficient (Wildman–Crippen LogP) is 4.92. The van der Waals surface area contributed by atoms with Gasteiger partial charge in [0.2, 0.25) is 0 Å². The highest BCUT2D eigenvalue weighted by Crippen LogP contribution is 2.47. The Labute approximate surface area is 203 Å². The molecule has 0 saturated carbocycles. The van der Waals surface area contributed by atoms with Crippen LogP contribution in [0.5, 0.6) is 11.5 Å². The summed E-state index contributed by atoms with van der Waals surface area (Å²) >= 11 is 0. The van der Waals surface area contributed by atoms with E-state index in [9.17, 15) is 9.59 Å². The van der Waals surface area contributed by atoms with E-state index in [0.717, 1.165) is 17.6 Å². The van der Waals surface area contributed by atoms with Crippen molar-refractivity contribution in [1.29, 1.82) is 0 Å². The lowest BCUT2D eigenvalue weighted by Crippen LogP contribution is -2.45. The van der Waals surface area contributed by atoms with Crippen molar-refractivity contribution < 1.29 is 33.3 Å². The van der Waals surface area contributed by atoms with Crippen LogP contribution >= 0.6 is 0 Å². The lowest BCUT2D eigenvalue weighted by atomic mass is 9.88. The molecule has 0 unspecified atom stereocenters. The minimum absolute atomic E-state index is 0.170. The molecule has 1 fully saturated rings. The summed E-state index contributed by atoms with van der Waals surface area (Å²) in [5, 5.41) is 0. The van der Waals surface area contributed by atoms with Crippen LogP contribution < -0.4 is 9.47 Å². The molecule has 0 bridgehead atoms. The molecule has 0 spiro atoms. The third-order valence-electron chi connectivity index (χ3n) is 5.57. The molecule has 0 aliphatic carbocycles. The van der Waals surface area contributed by atoms with Gasteiger partial charge in [-0.1, -0.05) is 18.2 Å². The van der Waals surface area contributed by atoms with Gasteiger partial charge in [0.25, 0.3) is 0 Å². The lowest BCUT2D eigenvalue weighted by molar-refractivity contribution is -0.148. The Morgan fingerprint density at radius 2 is 1.85 bits per heavy atom. The van der Waals surface area contributed by atoms with E-state index in [-0.39, 0.29) is 12.5 Å². The van der Waals surface area contributed by atoms with Crippen LogP contribution in [-0.4, -0.2) is 62.6 Å². The van der Waals surface area contributed by atoms with E-state index in [2.05, 4.69) is 6.58 Å². The average molecular weight is 478 g/mol. The van der Waals surface area contributed by atoms with Crippen molar-refractivity contribution in [3.63, 3.8) is 0 Å². The van der Waals surface area contributed by atoms with E-state index in [1.165, 1.54) is 4.90 Å². The number of likely N-dealkylation sites (tertiary alicyclic amines) is 1. The Balaban J connectivity index is 2.52. The number of hydrogen-bond acceptors (Lipinski definition) is 7.